The van der Waals surface area contributed by atoms with Gasteiger partial charge in [0.25, 0.3) is 0 Å². The number of anilines is 1. The molecule has 1 fully saturated rings. The Kier molecular flexibility index (Phi) is 6.61. The van der Waals surface area contributed by atoms with Gasteiger partial charge in [-0.3, -0.25) is 4.57 Å². The van der Waals surface area contributed by atoms with Crippen LogP contribution in [0.25, 0.3) is 11.2 Å². The zero-order valence-corrected chi connectivity index (χ0v) is 20.2. The van der Waals surface area contributed by atoms with Crippen molar-refractivity contribution in [1.29, 1.82) is 0 Å². The third-order valence-electron chi connectivity index (χ3n) is 5.48. The van der Waals surface area contributed by atoms with Gasteiger partial charge in [-0.15, -0.1) is 0 Å². The van der Waals surface area contributed by atoms with E-state index < -0.39 is 34.6 Å². The summed E-state index contributed by atoms with van der Waals surface area (Å²) in [5, 5.41) is 28.4. The minimum Gasteiger partial charge on any atom is -0.387 e. The summed E-state index contributed by atoms with van der Waals surface area (Å²) in [6.45, 7) is 8.08. The first kappa shape index (κ1) is 24.5. The molecule has 0 radical (unpaired) electrons. The Balaban J connectivity index is 1.55. The molecule has 186 valence electrons. The number of hydrogen-bond acceptors (Lipinski definition) is 11. The molecular weight excluding hydrogens is 466 g/mol. The molecule has 1 aliphatic heterocycles. The number of ether oxygens (including phenoxy) is 1. The van der Waals surface area contributed by atoms with Gasteiger partial charge in [-0.05, 0) is 0 Å². The molecule has 0 amide bonds. The van der Waals surface area contributed by atoms with Crippen LogP contribution in [0.5, 0.6) is 0 Å². The molecule has 4 N–H and O–H groups in total. The van der Waals surface area contributed by atoms with Gasteiger partial charge in [0.15, 0.2) is 29.0 Å². The van der Waals surface area contributed by atoms with Gasteiger partial charge in [0.1, 0.15) is 24.6 Å². The Morgan fingerprint density at radius 1 is 1.18 bits per heavy atom. The number of rotatable bonds is 8. The average molecular weight is 496 g/mol. The van der Waals surface area contributed by atoms with Crippen molar-refractivity contribution in [1.82, 2.24) is 29.4 Å². The van der Waals surface area contributed by atoms with Crippen LogP contribution >= 0.6 is 0 Å². The topological polar surface area (TPSA) is 178 Å². The molecule has 0 saturated carbocycles. The first-order valence-corrected chi connectivity index (χ1v) is 12.5. The summed E-state index contributed by atoms with van der Waals surface area (Å²) < 4.78 is 39.0. The van der Waals surface area contributed by atoms with Crippen molar-refractivity contribution >= 4 is 27.0 Å². The number of sulfonamides is 1. The van der Waals surface area contributed by atoms with Crippen molar-refractivity contribution in [2.45, 2.75) is 57.6 Å². The Morgan fingerprint density at radius 2 is 1.94 bits per heavy atom. The maximum atomic E-state index is 11.8. The second-order valence-corrected chi connectivity index (χ2v) is 11.0. The van der Waals surface area contributed by atoms with Gasteiger partial charge in [0, 0.05) is 24.6 Å². The number of nitrogens with one attached hydrogen (secondary N) is 2. The van der Waals surface area contributed by atoms with Crippen LogP contribution in [0.4, 0.5) is 5.82 Å². The van der Waals surface area contributed by atoms with E-state index in [1.807, 2.05) is 20.8 Å². The highest BCUT2D eigenvalue weighted by atomic mass is 32.2. The van der Waals surface area contributed by atoms with Gasteiger partial charge in [-0.25, -0.2) is 28.1 Å². The van der Waals surface area contributed by atoms with Gasteiger partial charge in [0.2, 0.25) is 10.0 Å². The second kappa shape index (κ2) is 9.19. The molecule has 4 atom stereocenters. The lowest BCUT2D eigenvalue weighted by Gasteiger charge is -2.16. The third-order valence-corrected chi connectivity index (χ3v) is 6.95. The molecule has 0 bridgehead atoms. The van der Waals surface area contributed by atoms with Crippen LogP contribution in [0.1, 0.15) is 51.5 Å². The number of imidazole rings is 1. The van der Waals surface area contributed by atoms with Gasteiger partial charge in [-0.1, -0.05) is 32.9 Å². The Labute approximate surface area is 196 Å². The van der Waals surface area contributed by atoms with Crippen LogP contribution in [-0.4, -0.2) is 74.4 Å². The molecule has 0 unspecified atom stereocenters. The van der Waals surface area contributed by atoms with Crippen LogP contribution in [-0.2, 0) is 20.2 Å². The predicted molar refractivity (Wildman–Crippen MR) is 121 cm³/mol. The molecule has 34 heavy (non-hydrogen) atoms. The van der Waals surface area contributed by atoms with E-state index >= 15 is 0 Å². The average Bonchev–Trinajstić information content (AvgIpc) is 3.47. The van der Waals surface area contributed by atoms with Crippen LogP contribution in [0, 0.1) is 0 Å². The highest BCUT2D eigenvalue weighted by Gasteiger charge is 2.47. The molecule has 0 spiro atoms. The number of nitrogens with zero attached hydrogens (tertiary/aromatic N) is 5. The maximum absolute atomic E-state index is 11.8. The lowest BCUT2D eigenvalue weighted by Crippen LogP contribution is -2.29. The zero-order valence-electron chi connectivity index (χ0n) is 19.3. The van der Waals surface area contributed by atoms with E-state index in [2.05, 4.69) is 30.1 Å². The SMILES string of the molecule is CCNS(=O)(=O)CCNc1ncnc2c1ncn2[C@@H]1O[C@H](c2cc(C(C)(C)C)no2)[C@@H](O)[C@@H]1O. The normalized spacial score (nSPS) is 23.6. The molecule has 1 saturated heterocycles. The fraction of sp³-hybridized carbons (Fsp3) is 0.600. The largest absolute Gasteiger partial charge is 0.387 e. The van der Waals surface area contributed by atoms with Crippen molar-refractivity contribution in [3.05, 3.63) is 30.2 Å². The summed E-state index contributed by atoms with van der Waals surface area (Å²) in [7, 11) is -3.39. The van der Waals surface area contributed by atoms with E-state index in [-0.39, 0.29) is 17.7 Å². The Morgan fingerprint density at radius 3 is 2.62 bits per heavy atom. The highest BCUT2D eigenvalue weighted by molar-refractivity contribution is 7.89. The zero-order chi connectivity index (χ0) is 24.7. The van der Waals surface area contributed by atoms with Crippen LogP contribution in [0.15, 0.2) is 23.2 Å². The molecule has 4 rings (SSSR count). The van der Waals surface area contributed by atoms with E-state index in [1.165, 1.54) is 17.2 Å². The van der Waals surface area contributed by atoms with Gasteiger partial charge >= 0.3 is 0 Å². The van der Waals surface area contributed by atoms with Gasteiger partial charge < -0.3 is 24.8 Å². The smallest absolute Gasteiger partial charge is 0.213 e. The van der Waals surface area contributed by atoms with Crippen molar-refractivity contribution in [3.63, 3.8) is 0 Å². The lowest BCUT2D eigenvalue weighted by atomic mass is 9.92. The van der Waals surface area contributed by atoms with E-state index in [1.54, 1.807) is 13.0 Å². The van der Waals surface area contributed by atoms with E-state index in [9.17, 15) is 18.6 Å². The monoisotopic (exact) mass is 495 g/mol. The fourth-order valence-electron chi connectivity index (χ4n) is 3.66. The summed E-state index contributed by atoms with van der Waals surface area (Å²) in [6, 6.07) is 1.71. The molecule has 3 aromatic rings. The number of aliphatic hydroxyl groups excluding tert-OH is 2. The minimum atomic E-state index is -3.39. The molecule has 4 heterocycles. The van der Waals surface area contributed by atoms with Crippen molar-refractivity contribution in [2.24, 2.45) is 0 Å². The molecule has 1 aliphatic rings. The highest BCUT2D eigenvalue weighted by Crippen LogP contribution is 2.40. The van der Waals surface area contributed by atoms with Gasteiger partial charge in [0.05, 0.1) is 17.8 Å². The quantitative estimate of drug-likeness (QED) is 0.341. The fourth-order valence-corrected chi connectivity index (χ4v) is 4.62. The molecular formula is C20H29N7O6S. The summed E-state index contributed by atoms with van der Waals surface area (Å²) in [6.07, 6.45) is -1.77. The first-order valence-electron chi connectivity index (χ1n) is 10.9. The van der Waals surface area contributed by atoms with E-state index in [0.29, 0.717) is 35.0 Å². The molecule has 0 aliphatic carbocycles. The van der Waals surface area contributed by atoms with Crippen LogP contribution in [0.3, 0.4) is 0 Å². The maximum Gasteiger partial charge on any atom is 0.213 e. The first-order chi connectivity index (χ1) is 16.0. The summed E-state index contributed by atoms with van der Waals surface area (Å²) >= 11 is 0. The van der Waals surface area contributed by atoms with Crippen molar-refractivity contribution < 1.29 is 27.9 Å². The van der Waals surface area contributed by atoms with Crippen LogP contribution < -0.4 is 10.0 Å². The van der Waals surface area contributed by atoms with E-state index in [0.717, 1.165) is 0 Å². The number of aromatic nitrogens is 5. The molecule has 14 heteroatoms. The molecule has 13 nitrogen and oxygen atoms in total. The molecule has 0 aromatic carbocycles. The minimum absolute atomic E-state index is 0.110. The second-order valence-electron chi connectivity index (χ2n) is 9.08. The lowest BCUT2D eigenvalue weighted by molar-refractivity contribution is -0.0434. The van der Waals surface area contributed by atoms with Crippen molar-refractivity contribution in [2.75, 3.05) is 24.2 Å². The number of fused-ring (bicyclic) bond motifs is 1. The number of hydrogen-bond donors (Lipinski definition) is 4. The third kappa shape index (κ3) is 4.77. The summed E-state index contributed by atoms with van der Waals surface area (Å²) in [5.74, 6) is 0.506. The van der Waals surface area contributed by atoms with E-state index in [4.69, 9.17) is 9.26 Å². The standard InChI is InChI=1S/C20H29N7O6S/c1-5-25-34(30,31)7-6-21-17-13-18(23-9-22-17)27(10-24-13)19-15(29)14(28)16(32-19)11-8-12(26-33-11)20(2,3)4/h8-10,14-16,19,25,28-29H,5-7H2,1-4H3,(H,21,22,23)/t14-,15-,16+,19+/m0/s1. The van der Waals surface area contributed by atoms with Crippen LogP contribution in [0.2, 0.25) is 0 Å². The van der Waals surface area contributed by atoms with Crippen molar-refractivity contribution in [3.8, 4) is 0 Å². The number of aliphatic hydroxyl groups is 2. The Hall–Kier alpha value is -2.65. The summed E-state index contributed by atoms with van der Waals surface area (Å²) in [4.78, 5) is 12.7. The summed E-state index contributed by atoms with van der Waals surface area (Å²) in [5.41, 5.74) is 1.16. The molecule has 3 aromatic heterocycles. The Bertz CT molecular complexity index is 1250. The van der Waals surface area contributed by atoms with Gasteiger partial charge in [-0.2, -0.15) is 0 Å². The predicted octanol–water partition coefficient (Wildman–Crippen LogP) is 0.455.